The molecule has 0 unspecified atom stereocenters. The predicted molar refractivity (Wildman–Crippen MR) is 93.7 cm³/mol. The Morgan fingerprint density at radius 1 is 1.25 bits per heavy atom. The Labute approximate surface area is 142 Å². The van der Waals surface area contributed by atoms with Gasteiger partial charge in [0.25, 0.3) is 0 Å². The van der Waals surface area contributed by atoms with Crippen LogP contribution in [-0.2, 0) is 13.0 Å². The summed E-state index contributed by atoms with van der Waals surface area (Å²) in [5.74, 6) is 1.09. The van der Waals surface area contributed by atoms with Gasteiger partial charge in [0.15, 0.2) is 5.96 Å². The molecule has 2 N–H and O–H groups in total. The molecule has 0 saturated carbocycles. The topological polar surface area (TPSA) is 58.5 Å². The largest absolute Gasteiger partial charge is 0.481 e. The van der Waals surface area contributed by atoms with E-state index in [9.17, 15) is 4.39 Å². The average molecular weight is 330 g/mol. The highest BCUT2D eigenvalue weighted by atomic mass is 19.1. The molecule has 0 aliphatic rings. The lowest BCUT2D eigenvalue weighted by atomic mass is 10.1. The Morgan fingerprint density at radius 3 is 2.83 bits per heavy atom. The molecule has 6 heteroatoms. The first kappa shape index (κ1) is 17.7. The zero-order valence-electron chi connectivity index (χ0n) is 14.1. The first-order valence-corrected chi connectivity index (χ1v) is 7.97. The van der Waals surface area contributed by atoms with E-state index < -0.39 is 0 Å². The van der Waals surface area contributed by atoms with Gasteiger partial charge in [-0.05, 0) is 36.6 Å². The van der Waals surface area contributed by atoms with E-state index in [1.807, 2.05) is 25.1 Å². The van der Waals surface area contributed by atoms with E-state index in [2.05, 4.69) is 20.6 Å². The van der Waals surface area contributed by atoms with Gasteiger partial charge in [0.1, 0.15) is 5.82 Å². The van der Waals surface area contributed by atoms with Crippen LogP contribution in [0.5, 0.6) is 5.88 Å². The van der Waals surface area contributed by atoms with Crippen molar-refractivity contribution in [3.05, 3.63) is 59.5 Å². The third kappa shape index (κ3) is 5.53. The monoisotopic (exact) mass is 330 g/mol. The Kier molecular flexibility index (Phi) is 7.01. The summed E-state index contributed by atoms with van der Waals surface area (Å²) in [7, 11) is 1.59. The molecule has 0 radical (unpaired) electrons. The molecule has 0 fully saturated rings. The minimum Gasteiger partial charge on any atom is -0.481 e. The zero-order valence-corrected chi connectivity index (χ0v) is 14.1. The van der Waals surface area contributed by atoms with Gasteiger partial charge >= 0.3 is 0 Å². The number of ether oxygens (including phenoxy) is 1. The lowest BCUT2D eigenvalue weighted by Gasteiger charge is -2.11. The zero-order chi connectivity index (χ0) is 17.2. The maximum atomic E-state index is 13.6. The van der Waals surface area contributed by atoms with E-state index in [1.165, 1.54) is 6.07 Å². The smallest absolute Gasteiger partial charge is 0.213 e. The second-order valence-electron chi connectivity index (χ2n) is 5.17. The standard InChI is InChI=1S/C18H23FN4O/c1-3-20-18(22-11-9-15-6-4-5-7-16(15)19)23-13-14-8-10-21-17(12-14)24-2/h4-8,10,12H,3,9,11,13H2,1-2H3,(H2,20,22,23). The van der Waals surface area contributed by atoms with Crippen LogP contribution in [-0.4, -0.2) is 31.1 Å². The molecule has 128 valence electrons. The summed E-state index contributed by atoms with van der Waals surface area (Å²) in [5.41, 5.74) is 1.70. The van der Waals surface area contributed by atoms with Gasteiger partial charge in [-0.3, -0.25) is 0 Å². The Bertz CT molecular complexity index is 676. The molecule has 1 heterocycles. The highest BCUT2D eigenvalue weighted by Crippen LogP contribution is 2.09. The van der Waals surface area contributed by atoms with Gasteiger partial charge in [0.05, 0.1) is 13.7 Å². The molecule has 1 aromatic carbocycles. The molecular weight excluding hydrogens is 307 g/mol. The van der Waals surface area contributed by atoms with Crippen molar-refractivity contribution in [2.45, 2.75) is 19.9 Å². The van der Waals surface area contributed by atoms with Crippen LogP contribution in [0.1, 0.15) is 18.1 Å². The van der Waals surface area contributed by atoms with E-state index in [0.717, 1.165) is 12.1 Å². The molecule has 2 rings (SSSR count). The highest BCUT2D eigenvalue weighted by molar-refractivity contribution is 5.79. The lowest BCUT2D eigenvalue weighted by molar-refractivity contribution is 0.397. The molecule has 1 aromatic heterocycles. The van der Waals surface area contributed by atoms with Crippen molar-refractivity contribution in [1.29, 1.82) is 0 Å². The van der Waals surface area contributed by atoms with Crippen molar-refractivity contribution >= 4 is 5.96 Å². The number of methoxy groups -OCH3 is 1. The number of halogens is 1. The third-order valence-corrected chi connectivity index (χ3v) is 3.42. The van der Waals surface area contributed by atoms with Gasteiger partial charge in [-0.2, -0.15) is 0 Å². The van der Waals surface area contributed by atoms with Crippen LogP contribution in [0.25, 0.3) is 0 Å². The minimum atomic E-state index is -0.176. The number of hydrogen-bond donors (Lipinski definition) is 2. The number of nitrogens with zero attached hydrogens (tertiary/aromatic N) is 2. The van der Waals surface area contributed by atoms with Crippen LogP contribution in [0.4, 0.5) is 4.39 Å². The number of pyridine rings is 1. The third-order valence-electron chi connectivity index (χ3n) is 3.42. The van der Waals surface area contributed by atoms with Gasteiger partial charge in [0.2, 0.25) is 5.88 Å². The van der Waals surface area contributed by atoms with E-state index >= 15 is 0 Å². The summed E-state index contributed by atoms with van der Waals surface area (Å²) < 4.78 is 18.7. The van der Waals surface area contributed by atoms with E-state index in [1.54, 1.807) is 25.4 Å². The molecule has 0 spiro atoms. The van der Waals surface area contributed by atoms with Crippen molar-refractivity contribution in [3.8, 4) is 5.88 Å². The van der Waals surface area contributed by atoms with Crippen LogP contribution in [0.15, 0.2) is 47.6 Å². The number of rotatable bonds is 7. The molecule has 2 aromatic rings. The van der Waals surface area contributed by atoms with Crippen LogP contribution in [0.2, 0.25) is 0 Å². The Balaban J connectivity index is 1.91. The predicted octanol–water partition coefficient (Wildman–Crippen LogP) is 2.53. The van der Waals surface area contributed by atoms with Gasteiger partial charge < -0.3 is 15.4 Å². The fourth-order valence-corrected chi connectivity index (χ4v) is 2.19. The summed E-state index contributed by atoms with van der Waals surface area (Å²) in [4.78, 5) is 8.61. The molecule has 5 nitrogen and oxygen atoms in total. The van der Waals surface area contributed by atoms with Crippen molar-refractivity contribution in [1.82, 2.24) is 15.6 Å². The van der Waals surface area contributed by atoms with E-state index in [4.69, 9.17) is 4.74 Å². The number of benzene rings is 1. The molecular formula is C18H23FN4O. The SMILES string of the molecule is CCNC(=NCc1ccnc(OC)c1)NCCc1ccccc1F. The molecule has 24 heavy (non-hydrogen) atoms. The first-order valence-electron chi connectivity index (χ1n) is 7.97. The van der Waals surface area contributed by atoms with Crippen molar-refractivity contribution in [3.63, 3.8) is 0 Å². The second-order valence-corrected chi connectivity index (χ2v) is 5.17. The summed E-state index contributed by atoms with van der Waals surface area (Å²) in [6, 6.07) is 10.6. The van der Waals surface area contributed by atoms with Gasteiger partial charge in [-0.1, -0.05) is 18.2 Å². The maximum absolute atomic E-state index is 13.6. The molecule has 0 bridgehead atoms. The fourth-order valence-electron chi connectivity index (χ4n) is 2.19. The van der Waals surface area contributed by atoms with Crippen molar-refractivity contribution in [2.75, 3.05) is 20.2 Å². The molecule has 0 saturated heterocycles. The Morgan fingerprint density at radius 2 is 2.08 bits per heavy atom. The molecule has 0 atom stereocenters. The Hall–Kier alpha value is -2.63. The van der Waals surface area contributed by atoms with Crippen LogP contribution >= 0.6 is 0 Å². The summed E-state index contributed by atoms with van der Waals surface area (Å²) in [6.07, 6.45) is 2.29. The fraction of sp³-hybridized carbons (Fsp3) is 0.333. The van der Waals surface area contributed by atoms with Crippen LogP contribution in [0.3, 0.4) is 0 Å². The van der Waals surface area contributed by atoms with E-state index in [0.29, 0.717) is 36.9 Å². The minimum absolute atomic E-state index is 0.176. The first-order chi connectivity index (χ1) is 11.7. The van der Waals surface area contributed by atoms with Crippen molar-refractivity contribution in [2.24, 2.45) is 4.99 Å². The van der Waals surface area contributed by atoms with Gasteiger partial charge in [-0.25, -0.2) is 14.4 Å². The van der Waals surface area contributed by atoms with Gasteiger partial charge in [-0.15, -0.1) is 0 Å². The number of guanidine groups is 1. The normalized spacial score (nSPS) is 11.2. The number of aromatic nitrogens is 1. The average Bonchev–Trinajstić information content (AvgIpc) is 2.61. The summed E-state index contributed by atoms with van der Waals surface area (Å²) in [6.45, 7) is 3.87. The quantitative estimate of drug-likeness (QED) is 0.605. The number of nitrogens with one attached hydrogen (secondary N) is 2. The lowest BCUT2D eigenvalue weighted by Crippen LogP contribution is -2.38. The highest BCUT2D eigenvalue weighted by Gasteiger charge is 2.02. The molecule has 0 aliphatic carbocycles. The number of aliphatic imine (C=N–C) groups is 1. The van der Waals surface area contributed by atoms with Gasteiger partial charge in [0, 0.05) is 25.4 Å². The maximum Gasteiger partial charge on any atom is 0.213 e. The summed E-state index contributed by atoms with van der Waals surface area (Å²) >= 11 is 0. The van der Waals surface area contributed by atoms with Crippen LogP contribution < -0.4 is 15.4 Å². The van der Waals surface area contributed by atoms with Crippen molar-refractivity contribution < 1.29 is 9.13 Å². The van der Waals surface area contributed by atoms with E-state index in [-0.39, 0.29) is 5.82 Å². The second kappa shape index (κ2) is 9.50. The molecule has 0 amide bonds. The van der Waals surface area contributed by atoms with Crippen LogP contribution in [0, 0.1) is 5.82 Å². The number of hydrogen-bond acceptors (Lipinski definition) is 3. The molecule has 0 aliphatic heterocycles. The summed E-state index contributed by atoms with van der Waals surface area (Å²) in [5, 5.41) is 6.40.